The smallest absolute Gasteiger partial charge is 0.0410 e. The number of halogens is 1. The molecule has 1 saturated carbocycles. The molecule has 0 saturated heterocycles. The van der Waals surface area contributed by atoms with Crippen LogP contribution in [0.2, 0.25) is 0 Å². The van der Waals surface area contributed by atoms with Crippen molar-refractivity contribution in [2.45, 2.75) is 12.8 Å². The van der Waals surface area contributed by atoms with E-state index in [9.17, 15) is 0 Å². The van der Waals surface area contributed by atoms with Gasteiger partial charge in [0.2, 0.25) is 0 Å². The van der Waals surface area contributed by atoms with E-state index >= 15 is 0 Å². The van der Waals surface area contributed by atoms with Gasteiger partial charge in [-0.15, -0.1) is 0 Å². The third-order valence-electron chi connectivity index (χ3n) is 1.61. The maximum atomic E-state index is 4.08. The fourth-order valence-electron chi connectivity index (χ4n) is 0.956. The molecule has 1 aromatic rings. The summed E-state index contributed by atoms with van der Waals surface area (Å²) in [7, 11) is 0. The molecule has 1 heterocycles. The molecule has 0 atom stereocenters. The summed E-state index contributed by atoms with van der Waals surface area (Å²) in [5, 5.41) is 0. The fourth-order valence-corrected chi connectivity index (χ4v) is 1.32. The van der Waals surface area contributed by atoms with Gasteiger partial charge < -0.3 is 0 Å². The summed E-state index contributed by atoms with van der Waals surface area (Å²) in [4.78, 5) is 4.08. The van der Waals surface area contributed by atoms with Crippen molar-refractivity contribution in [3.63, 3.8) is 0 Å². The quantitative estimate of drug-likeness (QED) is 0.674. The molecule has 0 aromatic carbocycles. The van der Waals surface area contributed by atoms with Crippen LogP contribution >= 0.6 is 15.9 Å². The zero-order valence-corrected chi connectivity index (χ0v) is 7.06. The predicted molar refractivity (Wildman–Crippen MR) is 43.5 cm³/mol. The van der Waals surface area contributed by atoms with E-state index < -0.39 is 0 Å². The molecule has 1 nitrogen and oxygen atoms in total. The van der Waals surface area contributed by atoms with Gasteiger partial charge in [-0.2, -0.15) is 0 Å². The van der Waals surface area contributed by atoms with E-state index in [4.69, 9.17) is 0 Å². The van der Waals surface area contributed by atoms with Crippen molar-refractivity contribution in [1.29, 1.82) is 0 Å². The van der Waals surface area contributed by atoms with Gasteiger partial charge >= 0.3 is 0 Å². The maximum absolute atomic E-state index is 4.08. The van der Waals surface area contributed by atoms with Gasteiger partial charge in [0.1, 0.15) is 0 Å². The number of hydrogen-bond acceptors (Lipinski definition) is 1. The Morgan fingerprint density at radius 3 is 2.70 bits per heavy atom. The highest BCUT2D eigenvalue weighted by Crippen LogP contribution is 2.38. The van der Waals surface area contributed by atoms with E-state index in [1.807, 2.05) is 12.4 Å². The predicted octanol–water partition coefficient (Wildman–Crippen LogP) is 2.56. The highest BCUT2D eigenvalue weighted by molar-refractivity contribution is 9.10. The Kier molecular flexibility index (Phi) is 1.49. The Hall–Kier alpha value is -0.370. The molecule has 0 N–H and O–H groups in total. The van der Waals surface area contributed by atoms with E-state index in [-0.39, 0.29) is 0 Å². The summed E-state index contributed by atoms with van der Waals surface area (Å²) < 4.78 is 1.07. The van der Waals surface area contributed by atoms with Crippen LogP contribution < -0.4 is 0 Å². The molecule has 51 valence electrons. The van der Waals surface area contributed by atoms with E-state index in [1.165, 1.54) is 24.3 Å². The third kappa shape index (κ3) is 1.21. The molecule has 1 aliphatic rings. The normalized spacial score (nSPS) is 17.3. The number of aromatic nitrogens is 1. The van der Waals surface area contributed by atoms with Crippen LogP contribution in [0.1, 0.15) is 18.4 Å². The topological polar surface area (TPSA) is 12.9 Å². The van der Waals surface area contributed by atoms with Crippen molar-refractivity contribution >= 4 is 15.9 Å². The van der Waals surface area contributed by atoms with Crippen LogP contribution in [0, 0.1) is 5.92 Å². The lowest BCUT2D eigenvalue weighted by Crippen LogP contribution is -1.80. The first-order valence-corrected chi connectivity index (χ1v) is 4.11. The monoisotopic (exact) mass is 196 g/mol. The molecule has 0 spiro atoms. The van der Waals surface area contributed by atoms with Crippen molar-refractivity contribution in [2.75, 3.05) is 0 Å². The van der Waals surface area contributed by atoms with Crippen LogP contribution in [-0.4, -0.2) is 4.98 Å². The van der Waals surface area contributed by atoms with Crippen molar-refractivity contribution in [3.8, 4) is 0 Å². The van der Waals surface area contributed by atoms with E-state index in [1.54, 1.807) is 0 Å². The molecule has 0 aliphatic heterocycles. The van der Waals surface area contributed by atoms with E-state index in [2.05, 4.69) is 27.0 Å². The molecule has 2 heteroatoms. The minimum absolute atomic E-state index is 1.07. The van der Waals surface area contributed by atoms with Crippen LogP contribution in [0.25, 0.3) is 0 Å². The molecule has 0 unspecified atom stereocenters. The van der Waals surface area contributed by atoms with E-state index in [0.717, 1.165) is 4.47 Å². The van der Waals surface area contributed by atoms with Crippen LogP contribution in [0.15, 0.2) is 22.9 Å². The largest absolute Gasteiger partial charge is 0.263 e. The first kappa shape index (κ1) is 6.35. The maximum Gasteiger partial charge on any atom is 0.0410 e. The average molecular weight is 197 g/mol. The third-order valence-corrected chi connectivity index (χ3v) is 2.05. The molecule has 2 rings (SSSR count). The van der Waals surface area contributed by atoms with Gasteiger partial charge in [0.05, 0.1) is 0 Å². The minimum atomic E-state index is 1.07. The molecule has 0 amide bonds. The standard InChI is InChI=1S/C8H7BrN/c9-8-3-7(4-10-5-8)6-1-2-6/h3-5H,1-2H2. The van der Waals surface area contributed by atoms with Crippen LogP contribution in [0.4, 0.5) is 0 Å². The Morgan fingerprint density at radius 1 is 1.30 bits per heavy atom. The van der Waals surface area contributed by atoms with Gasteiger partial charge in [-0.05, 0) is 40.4 Å². The lowest BCUT2D eigenvalue weighted by molar-refractivity contribution is 1.24. The molecule has 1 radical (unpaired) electrons. The second-order valence-corrected chi connectivity index (χ2v) is 3.41. The molecular weight excluding hydrogens is 190 g/mol. The Morgan fingerprint density at radius 2 is 2.10 bits per heavy atom. The van der Waals surface area contributed by atoms with Crippen molar-refractivity contribution in [2.24, 2.45) is 0 Å². The molecule has 10 heavy (non-hydrogen) atoms. The molecular formula is C8H7BrN. The van der Waals surface area contributed by atoms with Gasteiger partial charge in [0, 0.05) is 22.8 Å². The average Bonchev–Trinajstić information content (AvgIpc) is 2.68. The zero-order valence-electron chi connectivity index (χ0n) is 5.47. The first-order chi connectivity index (χ1) is 4.86. The van der Waals surface area contributed by atoms with Gasteiger partial charge in [0.25, 0.3) is 0 Å². The zero-order chi connectivity index (χ0) is 6.97. The minimum Gasteiger partial charge on any atom is -0.263 e. The summed E-state index contributed by atoms with van der Waals surface area (Å²) >= 11 is 3.38. The summed E-state index contributed by atoms with van der Waals surface area (Å²) in [5.74, 6) is 1.54. The summed E-state index contributed by atoms with van der Waals surface area (Å²) in [6, 6.07) is 2.12. The lowest BCUT2D eigenvalue weighted by Gasteiger charge is -1.94. The second-order valence-electron chi connectivity index (χ2n) is 2.50. The van der Waals surface area contributed by atoms with E-state index in [0.29, 0.717) is 0 Å². The van der Waals surface area contributed by atoms with Gasteiger partial charge in [-0.1, -0.05) is 0 Å². The number of hydrogen-bond donors (Lipinski definition) is 0. The van der Waals surface area contributed by atoms with Crippen LogP contribution in [0.5, 0.6) is 0 Å². The summed E-state index contributed by atoms with van der Waals surface area (Å²) in [5.41, 5.74) is 1.30. The highest BCUT2D eigenvalue weighted by Gasteiger charge is 2.24. The molecule has 0 bridgehead atoms. The lowest BCUT2D eigenvalue weighted by atomic mass is 10.2. The van der Waals surface area contributed by atoms with Gasteiger partial charge in [-0.25, -0.2) is 0 Å². The van der Waals surface area contributed by atoms with Crippen molar-refractivity contribution in [1.82, 2.24) is 4.98 Å². The van der Waals surface area contributed by atoms with Crippen LogP contribution in [-0.2, 0) is 0 Å². The first-order valence-electron chi connectivity index (χ1n) is 3.32. The van der Waals surface area contributed by atoms with Crippen LogP contribution in [0.3, 0.4) is 0 Å². The van der Waals surface area contributed by atoms with Crippen molar-refractivity contribution < 1.29 is 0 Å². The highest BCUT2D eigenvalue weighted by atomic mass is 79.9. The molecule has 1 aromatic heterocycles. The fraction of sp³-hybridized carbons (Fsp3) is 0.250. The van der Waals surface area contributed by atoms with Crippen molar-refractivity contribution in [3.05, 3.63) is 34.4 Å². The number of nitrogens with zero attached hydrogens (tertiary/aromatic N) is 1. The number of pyridine rings is 1. The van der Waals surface area contributed by atoms with Gasteiger partial charge in [-0.3, -0.25) is 4.98 Å². The summed E-state index contributed by atoms with van der Waals surface area (Å²) in [6.07, 6.45) is 6.26. The van der Waals surface area contributed by atoms with Gasteiger partial charge in [0.15, 0.2) is 0 Å². The SMILES string of the molecule is Brc1cncc([C]2CC2)c1. The second kappa shape index (κ2) is 2.35. The molecule has 1 fully saturated rings. The summed E-state index contributed by atoms with van der Waals surface area (Å²) in [6.45, 7) is 0. The Labute approximate surface area is 68.6 Å². The molecule has 1 aliphatic carbocycles. The Balaban J connectivity index is 2.32. The Bertz CT molecular complexity index is 243. The number of rotatable bonds is 1.